The standard InChI is InChI=1S/C10H22O2S/c1-4-5-10(8-13)7-12-9(2)6-11-3/h9-10,13H,4-8H2,1-3H3. The molecule has 0 radical (unpaired) electrons. The van der Waals surface area contributed by atoms with Gasteiger partial charge < -0.3 is 9.47 Å². The number of thiol groups is 1. The average Bonchev–Trinajstić information content (AvgIpc) is 2.12. The average molecular weight is 206 g/mol. The second-order valence-electron chi connectivity index (χ2n) is 3.44. The van der Waals surface area contributed by atoms with E-state index >= 15 is 0 Å². The highest BCUT2D eigenvalue weighted by atomic mass is 32.1. The molecule has 2 nitrogen and oxygen atoms in total. The van der Waals surface area contributed by atoms with E-state index in [-0.39, 0.29) is 6.10 Å². The molecule has 2 atom stereocenters. The van der Waals surface area contributed by atoms with Gasteiger partial charge in [0.1, 0.15) is 0 Å². The lowest BCUT2D eigenvalue weighted by atomic mass is 10.1. The van der Waals surface area contributed by atoms with Crippen LogP contribution in [-0.4, -0.2) is 32.2 Å². The first kappa shape index (κ1) is 13.3. The van der Waals surface area contributed by atoms with Crippen molar-refractivity contribution in [1.82, 2.24) is 0 Å². The molecule has 2 unspecified atom stereocenters. The van der Waals surface area contributed by atoms with Crippen LogP contribution in [0.25, 0.3) is 0 Å². The Labute approximate surface area is 87.4 Å². The molecule has 0 aliphatic rings. The zero-order valence-electron chi connectivity index (χ0n) is 8.95. The van der Waals surface area contributed by atoms with E-state index in [2.05, 4.69) is 19.6 Å². The summed E-state index contributed by atoms with van der Waals surface area (Å²) in [6, 6.07) is 0. The van der Waals surface area contributed by atoms with E-state index in [9.17, 15) is 0 Å². The highest BCUT2D eigenvalue weighted by Crippen LogP contribution is 2.09. The molecule has 0 N–H and O–H groups in total. The minimum atomic E-state index is 0.198. The van der Waals surface area contributed by atoms with Crippen LogP contribution in [-0.2, 0) is 9.47 Å². The first-order chi connectivity index (χ1) is 6.24. The van der Waals surface area contributed by atoms with E-state index in [1.807, 2.05) is 6.92 Å². The Kier molecular flexibility index (Phi) is 9.03. The van der Waals surface area contributed by atoms with E-state index < -0.39 is 0 Å². The third kappa shape index (κ3) is 7.35. The largest absolute Gasteiger partial charge is 0.382 e. The molecule has 0 bridgehead atoms. The molecular weight excluding hydrogens is 184 g/mol. The first-order valence-electron chi connectivity index (χ1n) is 4.95. The molecule has 0 aliphatic carbocycles. The van der Waals surface area contributed by atoms with E-state index in [4.69, 9.17) is 9.47 Å². The molecule has 0 aromatic heterocycles. The van der Waals surface area contributed by atoms with Crippen LogP contribution in [0.15, 0.2) is 0 Å². The molecule has 80 valence electrons. The first-order valence-corrected chi connectivity index (χ1v) is 5.59. The lowest BCUT2D eigenvalue weighted by Crippen LogP contribution is -2.20. The summed E-state index contributed by atoms with van der Waals surface area (Å²) in [5, 5.41) is 0. The van der Waals surface area contributed by atoms with Gasteiger partial charge in [0.2, 0.25) is 0 Å². The summed E-state index contributed by atoms with van der Waals surface area (Å²) in [6.45, 7) is 5.70. The number of hydrogen-bond acceptors (Lipinski definition) is 3. The molecule has 0 amide bonds. The van der Waals surface area contributed by atoms with Crippen molar-refractivity contribution < 1.29 is 9.47 Å². The molecule has 0 saturated heterocycles. The van der Waals surface area contributed by atoms with E-state index in [0.717, 1.165) is 12.4 Å². The maximum atomic E-state index is 5.61. The maximum absolute atomic E-state index is 5.61. The summed E-state index contributed by atoms with van der Waals surface area (Å²) in [6.07, 6.45) is 2.60. The van der Waals surface area contributed by atoms with E-state index in [0.29, 0.717) is 12.5 Å². The predicted octanol–water partition coefficient (Wildman–Crippen LogP) is 2.38. The van der Waals surface area contributed by atoms with Crippen LogP contribution in [0.4, 0.5) is 0 Å². The highest BCUT2D eigenvalue weighted by molar-refractivity contribution is 7.80. The van der Waals surface area contributed by atoms with Gasteiger partial charge in [0.05, 0.1) is 19.3 Å². The number of hydrogen-bond donors (Lipinski definition) is 1. The zero-order chi connectivity index (χ0) is 10.1. The lowest BCUT2D eigenvalue weighted by Gasteiger charge is -2.17. The minimum Gasteiger partial charge on any atom is -0.382 e. The third-order valence-electron chi connectivity index (χ3n) is 1.97. The third-order valence-corrected chi connectivity index (χ3v) is 2.49. The minimum absolute atomic E-state index is 0.198. The van der Waals surface area contributed by atoms with Crippen molar-refractivity contribution >= 4 is 12.6 Å². The summed E-state index contributed by atoms with van der Waals surface area (Å²) < 4.78 is 10.6. The zero-order valence-corrected chi connectivity index (χ0v) is 9.85. The van der Waals surface area contributed by atoms with Crippen LogP contribution in [0.3, 0.4) is 0 Å². The monoisotopic (exact) mass is 206 g/mol. The summed E-state index contributed by atoms with van der Waals surface area (Å²) in [7, 11) is 1.70. The van der Waals surface area contributed by atoms with Gasteiger partial charge in [0.25, 0.3) is 0 Å². The van der Waals surface area contributed by atoms with Crippen LogP contribution in [0, 0.1) is 5.92 Å². The SMILES string of the molecule is CCCC(CS)COC(C)COC. The molecule has 0 aromatic carbocycles. The molecule has 0 spiro atoms. The summed E-state index contributed by atoms with van der Waals surface area (Å²) in [5.74, 6) is 1.50. The van der Waals surface area contributed by atoms with Crippen molar-refractivity contribution in [1.29, 1.82) is 0 Å². The Bertz CT molecular complexity index is 109. The molecule has 0 heterocycles. The van der Waals surface area contributed by atoms with Crippen molar-refractivity contribution in [3.05, 3.63) is 0 Å². The van der Waals surface area contributed by atoms with Crippen molar-refractivity contribution in [2.75, 3.05) is 26.1 Å². The van der Waals surface area contributed by atoms with Crippen molar-refractivity contribution in [2.24, 2.45) is 5.92 Å². The molecule has 13 heavy (non-hydrogen) atoms. The Hall–Kier alpha value is 0.270. The van der Waals surface area contributed by atoms with Crippen LogP contribution in [0.5, 0.6) is 0 Å². The molecule has 0 fully saturated rings. The quantitative estimate of drug-likeness (QED) is 0.615. The highest BCUT2D eigenvalue weighted by Gasteiger charge is 2.08. The normalized spacial score (nSPS) is 15.7. The fourth-order valence-electron chi connectivity index (χ4n) is 1.22. The molecular formula is C10H22O2S. The van der Waals surface area contributed by atoms with Crippen LogP contribution >= 0.6 is 12.6 Å². The fourth-order valence-corrected chi connectivity index (χ4v) is 1.51. The van der Waals surface area contributed by atoms with Gasteiger partial charge in [0.15, 0.2) is 0 Å². The van der Waals surface area contributed by atoms with Crippen LogP contribution < -0.4 is 0 Å². The number of methoxy groups -OCH3 is 1. The predicted molar refractivity (Wildman–Crippen MR) is 59.5 cm³/mol. The molecule has 0 saturated carbocycles. The second-order valence-corrected chi connectivity index (χ2v) is 3.80. The molecule has 0 aliphatic heterocycles. The van der Waals surface area contributed by atoms with Gasteiger partial charge in [0, 0.05) is 7.11 Å². The van der Waals surface area contributed by atoms with Gasteiger partial charge in [-0.2, -0.15) is 12.6 Å². The Morgan fingerprint density at radius 1 is 1.31 bits per heavy atom. The van der Waals surface area contributed by atoms with Gasteiger partial charge in [-0.3, -0.25) is 0 Å². The Morgan fingerprint density at radius 3 is 2.46 bits per heavy atom. The van der Waals surface area contributed by atoms with E-state index in [1.54, 1.807) is 7.11 Å². The van der Waals surface area contributed by atoms with E-state index in [1.165, 1.54) is 12.8 Å². The Morgan fingerprint density at radius 2 is 2.00 bits per heavy atom. The Balaban J connectivity index is 3.46. The van der Waals surface area contributed by atoms with Crippen LogP contribution in [0.1, 0.15) is 26.7 Å². The fraction of sp³-hybridized carbons (Fsp3) is 1.00. The van der Waals surface area contributed by atoms with Crippen molar-refractivity contribution in [3.63, 3.8) is 0 Å². The summed E-state index contributed by atoms with van der Waals surface area (Å²) >= 11 is 4.29. The summed E-state index contributed by atoms with van der Waals surface area (Å²) in [5.41, 5.74) is 0. The molecule has 0 aromatic rings. The topological polar surface area (TPSA) is 18.5 Å². The summed E-state index contributed by atoms with van der Waals surface area (Å²) in [4.78, 5) is 0. The number of rotatable bonds is 8. The van der Waals surface area contributed by atoms with Crippen LogP contribution in [0.2, 0.25) is 0 Å². The smallest absolute Gasteiger partial charge is 0.0780 e. The maximum Gasteiger partial charge on any atom is 0.0780 e. The second kappa shape index (κ2) is 8.85. The molecule has 3 heteroatoms. The van der Waals surface area contributed by atoms with Gasteiger partial charge in [-0.05, 0) is 25.0 Å². The van der Waals surface area contributed by atoms with Crippen molar-refractivity contribution in [3.8, 4) is 0 Å². The van der Waals surface area contributed by atoms with Crippen molar-refractivity contribution in [2.45, 2.75) is 32.8 Å². The van der Waals surface area contributed by atoms with Gasteiger partial charge in [-0.25, -0.2) is 0 Å². The van der Waals surface area contributed by atoms with Gasteiger partial charge in [-0.15, -0.1) is 0 Å². The van der Waals surface area contributed by atoms with Gasteiger partial charge >= 0.3 is 0 Å². The van der Waals surface area contributed by atoms with Gasteiger partial charge in [-0.1, -0.05) is 13.3 Å². The number of ether oxygens (including phenoxy) is 2. The molecule has 0 rings (SSSR count). The lowest BCUT2D eigenvalue weighted by molar-refractivity contribution is -0.00471.